The molecule has 3 rings (SSSR count). The average molecular weight is 352 g/mol. The van der Waals surface area contributed by atoms with Gasteiger partial charge in [-0.25, -0.2) is 0 Å². The second kappa shape index (κ2) is 8.67. The van der Waals surface area contributed by atoms with E-state index in [1.807, 2.05) is 41.2 Å². The maximum absolute atomic E-state index is 12.6. The fraction of sp³-hybridized carbons (Fsp3) is 0.400. The summed E-state index contributed by atoms with van der Waals surface area (Å²) in [6, 6.07) is 9.25. The normalized spacial score (nSPS) is 17.3. The maximum Gasteiger partial charge on any atom is 0.236 e. The Morgan fingerprint density at radius 2 is 2.12 bits per heavy atom. The van der Waals surface area contributed by atoms with E-state index in [9.17, 15) is 9.59 Å². The van der Waals surface area contributed by atoms with Crippen LogP contribution in [-0.4, -0.2) is 58.1 Å². The minimum Gasteiger partial charge on any atom is -0.341 e. The van der Waals surface area contributed by atoms with Crippen molar-refractivity contribution in [3.05, 3.63) is 60.2 Å². The van der Waals surface area contributed by atoms with Crippen molar-refractivity contribution in [3.8, 4) is 0 Å². The van der Waals surface area contributed by atoms with Crippen molar-refractivity contribution in [2.45, 2.75) is 19.4 Å². The predicted octanol–water partition coefficient (Wildman–Crippen LogP) is 2.03. The fourth-order valence-corrected chi connectivity index (χ4v) is 3.33. The largest absolute Gasteiger partial charge is 0.341 e. The third-order valence-corrected chi connectivity index (χ3v) is 4.64. The van der Waals surface area contributed by atoms with E-state index >= 15 is 0 Å². The number of likely N-dealkylation sites (N-methyl/N-ethyl adjacent to an activating group) is 1. The standard InChI is InChI=1S/C20H24N4O2/c1-23(13-16-6-4-9-21-12-16)15-19(25)24-11-5-7-17(14-24)20(26)18-8-2-3-10-22-18/h2-4,6,8-10,12,17H,5,7,11,13-15H2,1H3. The average Bonchev–Trinajstić information content (AvgIpc) is 2.69. The van der Waals surface area contributed by atoms with E-state index in [2.05, 4.69) is 9.97 Å². The second-order valence-corrected chi connectivity index (χ2v) is 6.79. The zero-order valence-electron chi connectivity index (χ0n) is 15.0. The number of ketones is 1. The number of hydrogen-bond acceptors (Lipinski definition) is 5. The second-order valence-electron chi connectivity index (χ2n) is 6.79. The van der Waals surface area contributed by atoms with Gasteiger partial charge in [0.2, 0.25) is 5.91 Å². The van der Waals surface area contributed by atoms with Crippen molar-refractivity contribution < 1.29 is 9.59 Å². The molecule has 2 aromatic rings. The lowest BCUT2D eigenvalue weighted by molar-refractivity contribution is -0.133. The molecule has 26 heavy (non-hydrogen) atoms. The molecule has 1 aliphatic rings. The molecule has 3 heterocycles. The van der Waals surface area contributed by atoms with Crippen molar-refractivity contribution >= 4 is 11.7 Å². The number of nitrogens with zero attached hydrogens (tertiary/aromatic N) is 4. The summed E-state index contributed by atoms with van der Waals surface area (Å²) in [4.78, 5) is 37.3. The lowest BCUT2D eigenvalue weighted by Gasteiger charge is -2.33. The first-order valence-electron chi connectivity index (χ1n) is 8.94. The highest BCUT2D eigenvalue weighted by Gasteiger charge is 2.29. The van der Waals surface area contributed by atoms with Crippen LogP contribution in [-0.2, 0) is 11.3 Å². The summed E-state index contributed by atoms with van der Waals surface area (Å²) < 4.78 is 0. The highest BCUT2D eigenvalue weighted by Crippen LogP contribution is 2.20. The highest BCUT2D eigenvalue weighted by molar-refractivity contribution is 5.96. The highest BCUT2D eigenvalue weighted by atomic mass is 16.2. The van der Waals surface area contributed by atoms with Gasteiger partial charge in [-0.15, -0.1) is 0 Å². The van der Waals surface area contributed by atoms with E-state index in [1.54, 1.807) is 24.5 Å². The van der Waals surface area contributed by atoms with Crippen molar-refractivity contribution in [2.75, 3.05) is 26.7 Å². The van der Waals surface area contributed by atoms with Crippen LogP contribution in [0.15, 0.2) is 48.9 Å². The molecule has 0 saturated carbocycles. The molecule has 6 heteroatoms. The number of hydrogen-bond donors (Lipinski definition) is 0. The van der Waals surface area contributed by atoms with Crippen LogP contribution >= 0.6 is 0 Å². The first-order valence-corrected chi connectivity index (χ1v) is 8.94. The third-order valence-electron chi connectivity index (χ3n) is 4.64. The molecular weight excluding hydrogens is 328 g/mol. The Morgan fingerprint density at radius 3 is 2.85 bits per heavy atom. The van der Waals surface area contributed by atoms with Crippen LogP contribution in [0.2, 0.25) is 0 Å². The van der Waals surface area contributed by atoms with E-state index in [4.69, 9.17) is 0 Å². The lowest BCUT2D eigenvalue weighted by atomic mass is 9.92. The number of aromatic nitrogens is 2. The lowest BCUT2D eigenvalue weighted by Crippen LogP contribution is -2.46. The summed E-state index contributed by atoms with van der Waals surface area (Å²) >= 11 is 0. The number of pyridine rings is 2. The monoisotopic (exact) mass is 352 g/mol. The summed E-state index contributed by atoms with van der Waals surface area (Å²) in [5.41, 5.74) is 1.56. The zero-order chi connectivity index (χ0) is 18.4. The molecule has 0 spiro atoms. The first-order chi connectivity index (χ1) is 12.6. The molecule has 0 aliphatic carbocycles. The maximum atomic E-state index is 12.6. The Morgan fingerprint density at radius 1 is 1.23 bits per heavy atom. The van der Waals surface area contributed by atoms with Crippen LogP contribution in [0.1, 0.15) is 28.9 Å². The van der Waals surface area contributed by atoms with Crippen molar-refractivity contribution in [3.63, 3.8) is 0 Å². The van der Waals surface area contributed by atoms with Gasteiger partial charge >= 0.3 is 0 Å². The summed E-state index contributed by atoms with van der Waals surface area (Å²) in [5.74, 6) is -0.0621. The van der Waals surface area contributed by atoms with Gasteiger partial charge in [-0.05, 0) is 43.7 Å². The van der Waals surface area contributed by atoms with Crippen LogP contribution in [0.25, 0.3) is 0 Å². The molecule has 1 amide bonds. The van der Waals surface area contributed by atoms with Crippen LogP contribution in [0.4, 0.5) is 0 Å². The quantitative estimate of drug-likeness (QED) is 0.744. The summed E-state index contributed by atoms with van der Waals surface area (Å²) in [6.07, 6.45) is 6.84. The fourth-order valence-electron chi connectivity index (χ4n) is 3.33. The van der Waals surface area contributed by atoms with Gasteiger partial charge in [0.15, 0.2) is 5.78 Å². The predicted molar refractivity (Wildman–Crippen MR) is 98.4 cm³/mol. The molecule has 1 saturated heterocycles. The van der Waals surface area contributed by atoms with Gasteiger partial charge in [-0.2, -0.15) is 0 Å². The smallest absolute Gasteiger partial charge is 0.236 e. The minimum absolute atomic E-state index is 0.0341. The minimum atomic E-state index is -0.161. The molecule has 0 bridgehead atoms. The molecule has 0 N–H and O–H groups in total. The zero-order valence-corrected chi connectivity index (χ0v) is 15.0. The molecule has 1 atom stereocenters. The summed E-state index contributed by atoms with van der Waals surface area (Å²) in [5, 5.41) is 0. The number of amides is 1. The van der Waals surface area contributed by atoms with E-state index in [0.29, 0.717) is 31.9 Å². The van der Waals surface area contributed by atoms with Gasteiger partial charge in [-0.3, -0.25) is 24.5 Å². The van der Waals surface area contributed by atoms with Crippen LogP contribution in [0.3, 0.4) is 0 Å². The number of carbonyl (C=O) groups excluding carboxylic acids is 2. The summed E-state index contributed by atoms with van der Waals surface area (Å²) in [7, 11) is 1.92. The molecule has 6 nitrogen and oxygen atoms in total. The van der Waals surface area contributed by atoms with Gasteiger partial charge < -0.3 is 4.90 Å². The van der Waals surface area contributed by atoms with E-state index in [1.165, 1.54) is 0 Å². The van der Waals surface area contributed by atoms with Gasteiger partial charge in [0, 0.05) is 44.1 Å². The van der Waals surface area contributed by atoms with Crippen molar-refractivity contribution in [2.24, 2.45) is 5.92 Å². The van der Waals surface area contributed by atoms with Crippen LogP contribution in [0, 0.1) is 5.92 Å². The Balaban J connectivity index is 1.55. The van der Waals surface area contributed by atoms with Crippen LogP contribution in [0.5, 0.6) is 0 Å². The molecule has 1 unspecified atom stereocenters. The van der Waals surface area contributed by atoms with Crippen molar-refractivity contribution in [1.82, 2.24) is 19.8 Å². The van der Waals surface area contributed by atoms with E-state index in [-0.39, 0.29) is 17.6 Å². The molecule has 0 radical (unpaired) electrons. The SMILES string of the molecule is CN(CC(=O)N1CCCC(C(=O)c2ccccn2)C1)Cc1cccnc1. The number of carbonyl (C=O) groups is 2. The third kappa shape index (κ3) is 4.73. The molecule has 1 fully saturated rings. The first kappa shape index (κ1) is 18.2. The Labute approximate surface area is 153 Å². The Hall–Kier alpha value is -2.60. The molecule has 1 aliphatic heterocycles. The molecule has 136 valence electrons. The molecule has 2 aromatic heterocycles. The molecular formula is C20H24N4O2. The van der Waals surface area contributed by atoms with Gasteiger partial charge in [0.25, 0.3) is 0 Å². The van der Waals surface area contributed by atoms with Crippen LogP contribution < -0.4 is 0 Å². The van der Waals surface area contributed by atoms with Gasteiger partial charge in [0.1, 0.15) is 5.69 Å². The topological polar surface area (TPSA) is 66.4 Å². The van der Waals surface area contributed by atoms with E-state index < -0.39 is 0 Å². The number of piperidine rings is 1. The van der Waals surface area contributed by atoms with Crippen molar-refractivity contribution in [1.29, 1.82) is 0 Å². The number of Topliss-reactive ketones (excluding diaryl/α,β-unsaturated/α-hetero) is 1. The number of rotatable bonds is 6. The van der Waals surface area contributed by atoms with Gasteiger partial charge in [0.05, 0.1) is 6.54 Å². The van der Waals surface area contributed by atoms with Gasteiger partial charge in [-0.1, -0.05) is 12.1 Å². The summed E-state index contributed by atoms with van der Waals surface area (Å²) in [6.45, 7) is 2.20. The Bertz CT molecular complexity index is 736. The molecule has 0 aromatic carbocycles. The van der Waals surface area contributed by atoms with E-state index in [0.717, 1.165) is 18.4 Å². The number of likely N-dealkylation sites (tertiary alicyclic amines) is 1. The Kier molecular flexibility index (Phi) is 6.07.